The number of likely N-dealkylation sites (N-methyl/N-ethyl adjacent to an activating group) is 1. The number of thioether (sulfide) groups is 1. The molecule has 37 heavy (non-hydrogen) atoms. The number of piperazine rings is 1. The number of rotatable bonds is 5. The summed E-state index contributed by atoms with van der Waals surface area (Å²) in [5.74, 6) is 0.906. The third kappa shape index (κ3) is 4.60. The van der Waals surface area contributed by atoms with Crippen molar-refractivity contribution in [3.05, 3.63) is 47.0 Å². The fourth-order valence-electron chi connectivity index (χ4n) is 5.13. The molecule has 1 aromatic carbocycles. The molecule has 11 nitrogen and oxygen atoms in total. The molecular formula is C24H27N7O4S2. The molecule has 13 heteroatoms. The van der Waals surface area contributed by atoms with E-state index in [-0.39, 0.29) is 5.41 Å². The summed E-state index contributed by atoms with van der Waals surface area (Å²) in [6.45, 7) is 5.73. The van der Waals surface area contributed by atoms with Crippen LogP contribution >= 0.6 is 11.8 Å². The third-order valence-corrected chi connectivity index (χ3v) is 9.83. The molecule has 0 atom stereocenters. The molecule has 0 bridgehead atoms. The molecule has 4 saturated heterocycles. The number of hydrogen-bond acceptors (Lipinski definition) is 10. The van der Waals surface area contributed by atoms with E-state index >= 15 is 0 Å². The van der Waals surface area contributed by atoms with Crippen LogP contribution in [0.1, 0.15) is 5.69 Å². The predicted octanol–water partition coefficient (Wildman–Crippen LogP) is 1.06. The molecule has 4 fully saturated rings. The Labute approximate surface area is 219 Å². The van der Waals surface area contributed by atoms with Crippen LogP contribution in [0, 0.1) is 5.41 Å². The highest BCUT2D eigenvalue weighted by Gasteiger charge is 2.56. The molecule has 2 amide bonds. The number of anilines is 2. The fourth-order valence-corrected chi connectivity index (χ4v) is 7.48. The molecule has 2 aromatic rings. The minimum atomic E-state index is -3.49. The van der Waals surface area contributed by atoms with Crippen molar-refractivity contribution >= 4 is 50.8 Å². The lowest BCUT2D eigenvalue weighted by molar-refractivity contribution is -0.115. The molecule has 4 aliphatic heterocycles. The molecule has 1 N–H and O–H groups in total. The van der Waals surface area contributed by atoms with Crippen molar-refractivity contribution in [2.24, 2.45) is 5.41 Å². The molecule has 1 spiro atoms. The van der Waals surface area contributed by atoms with Gasteiger partial charge in [-0.25, -0.2) is 13.4 Å². The van der Waals surface area contributed by atoms with E-state index in [1.54, 1.807) is 36.4 Å². The zero-order valence-corrected chi connectivity index (χ0v) is 22.0. The fraction of sp³-hybridized carbons (Fsp3) is 0.417. The Kier molecular flexibility index (Phi) is 5.97. The van der Waals surface area contributed by atoms with Crippen LogP contribution in [0.25, 0.3) is 6.08 Å². The van der Waals surface area contributed by atoms with Gasteiger partial charge in [-0.2, -0.15) is 9.29 Å². The van der Waals surface area contributed by atoms with Crippen LogP contribution < -0.4 is 15.1 Å². The highest BCUT2D eigenvalue weighted by atomic mass is 32.2. The van der Waals surface area contributed by atoms with E-state index in [4.69, 9.17) is 9.97 Å². The smallest absolute Gasteiger partial charge is 0.290 e. The number of hydrogen-bond donors (Lipinski definition) is 1. The van der Waals surface area contributed by atoms with Crippen LogP contribution in [0.2, 0.25) is 0 Å². The van der Waals surface area contributed by atoms with E-state index in [1.807, 2.05) is 6.07 Å². The molecule has 0 unspecified atom stereocenters. The van der Waals surface area contributed by atoms with Gasteiger partial charge in [-0.05, 0) is 37.0 Å². The van der Waals surface area contributed by atoms with Crippen molar-refractivity contribution in [2.45, 2.75) is 4.90 Å². The number of nitrogens with zero attached hydrogens (tertiary/aromatic N) is 6. The monoisotopic (exact) mass is 541 g/mol. The van der Waals surface area contributed by atoms with Crippen LogP contribution in [0.4, 0.5) is 16.6 Å². The van der Waals surface area contributed by atoms with E-state index < -0.39 is 21.2 Å². The Hall–Kier alpha value is -3.00. The number of aromatic nitrogens is 2. The lowest BCUT2D eigenvalue weighted by Gasteiger charge is -2.59. The average Bonchev–Trinajstić information content (AvgIpc) is 3.14. The first-order valence-corrected chi connectivity index (χ1v) is 14.3. The Morgan fingerprint density at radius 1 is 0.973 bits per heavy atom. The minimum Gasteiger partial charge on any atom is -0.354 e. The summed E-state index contributed by atoms with van der Waals surface area (Å²) in [7, 11) is -1.40. The summed E-state index contributed by atoms with van der Waals surface area (Å²) in [4.78, 5) is 40.4. The van der Waals surface area contributed by atoms with Crippen LogP contribution in [-0.4, -0.2) is 98.1 Å². The molecule has 4 aliphatic rings. The second-order valence-corrected chi connectivity index (χ2v) is 13.0. The van der Waals surface area contributed by atoms with Gasteiger partial charge in [0.2, 0.25) is 16.0 Å². The van der Waals surface area contributed by atoms with Gasteiger partial charge in [0, 0.05) is 63.8 Å². The van der Waals surface area contributed by atoms with Crippen molar-refractivity contribution < 1.29 is 18.0 Å². The van der Waals surface area contributed by atoms with Crippen LogP contribution in [-0.2, 0) is 14.8 Å². The number of amides is 2. The molecule has 6 rings (SSSR count). The summed E-state index contributed by atoms with van der Waals surface area (Å²) >= 11 is 0.862. The van der Waals surface area contributed by atoms with Gasteiger partial charge in [-0.1, -0.05) is 18.2 Å². The van der Waals surface area contributed by atoms with Crippen LogP contribution in [0.5, 0.6) is 0 Å². The average molecular weight is 542 g/mol. The van der Waals surface area contributed by atoms with Gasteiger partial charge in [0.15, 0.2) is 0 Å². The first-order valence-electron chi connectivity index (χ1n) is 12.1. The van der Waals surface area contributed by atoms with Gasteiger partial charge in [0.25, 0.3) is 11.1 Å². The normalized spacial score (nSPS) is 23.3. The predicted molar refractivity (Wildman–Crippen MR) is 141 cm³/mol. The summed E-state index contributed by atoms with van der Waals surface area (Å²) < 4.78 is 27.4. The Bertz CT molecular complexity index is 1380. The quantitative estimate of drug-likeness (QED) is 0.551. The second-order valence-electron chi connectivity index (χ2n) is 10.0. The number of carbonyl (C=O) groups is 2. The van der Waals surface area contributed by atoms with E-state index in [2.05, 4.69) is 27.1 Å². The molecule has 0 saturated carbocycles. The van der Waals surface area contributed by atoms with Crippen molar-refractivity contribution in [3.63, 3.8) is 0 Å². The van der Waals surface area contributed by atoms with Gasteiger partial charge < -0.3 is 14.7 Å². The first kappa shape index (κ1) is 24.3. The molecule has 0 aliphatic carbocycles. The molecular weight excluding hydrogens is 514 g/mol. The minimum absolute atomic E-state index is 0.110. The Morgan fingerprint density at radius 3 is 2.32 bits per heavy atom. The highest BCUT2D eigenvalue weighted by Crippen LogP contribution is 2.43. The van der Waals surface area contributed by atoms with Gasteiger partial charge in [0.05, 0.1) is 15.5 Å². The summed E-state index contributed by atoms with van der Waals surface area (Å²) in [6, 6.07) is 10.4. The molecule has 0 radical (unpaired) electrons. The number of sulfonamides is 1. The third-order valence-electron chi connectivity index (χ3n) is 7.21. The summed E-state index contributed by atoms with van der Waals surface area (Å²) in [5.41, 5.74) is 0.454. The maximum Gasteiger partial charge on any atom is 0.290 e. The zero-order valence-electron chi connectivity index (χ0n) is 20.3. The number of carbonyl (C=O) groups excluding carboxylic acids is 2. The largest absolute Gasteiger partial charge is 0.354 e. The van der Waals surface area contributed by atoms with E-state index in [0.717, 1.165) is 43.8 Å². The molecule has 5 heterocycles. The standard InChI is InChI=1S/C24H27N7O4S2/c1-28-7-9-29(10-8-28)20-12-17(11-19-21(32)27-23(33)36-19)25-22(26-20)30-13-24(14-30)15-31(16-24)37(34,35)18-5-3-2-4-6-18/h2-6,11-12H,7-10,13-16H2,1H3,(H,27,32,33)/b19-11+. The Morgan fingerprint density at radius 2 is 1.68 bits per heavy atom. The van der Waals surface area contributed by atoms with Gasteiger partial charge in [-0.15, -0.1) is 0 Å². The van der Waals surface area contributed by atoms with Crippen molar-refractivity contribution in [1.29, 1.82) is 0 Å². The van der Waals surface area contributed by atoms with E-state index in [9.17, 15) is 18.0 Å². The van der Waals surface area contributed by atoms with Gasteiger partial charge in [0.1, 0.15) is 5.82 Å². The first-order chi connectivity index (χ1) is 17.7. The highest BCUT2D eigenvalue weighted by molar-refractivity contribution is 8.18. The van der Waals surface area contributed by atoms with Crippen LogP contribution in [0.15, 0.2) is 46.2 Å². The molecule has 1 aromatic heterocycles. The summed E-state index contributed by atoms with van der Waals surface area (Å²) in [5, 5.41) is 1.88. The van der Waals surface area contributed by atoms with Gasteiger partial charge in [-0.3, -0.25) is 14.9 Å². The number of nitrogens with one attached hydrogen (secondary N) is 1. The SMILES string of the molecule is CN1CCN(c2cc(/C=C3/SC(=O)NC3=O)nc(N3CC4(C3)CN(S(=O)(=O)c3ccccc3)C4)n2)CC1. The van der Waals surface area contributed by atoms with Crippen molar-refractivity contribution in [1.82, 2.24) is 24.5 Å². The van der Waals surface area contributed by atoms with Crippen LogP contribution in [0.3, 0.4) is 0 Å². The van der Waals surface area contributed by atoms with Crippen molar-refractivity contribution in [2.75, 3.05) is 69.2 Å². The summed E-state index contributed by atoms with van der Waals surface area (Å²) in [6.07, 6.45) is 1.63. The maximum absolute atomic E-state index is 12.9. The second kappa shape index (κ2) is 9.08. The van der Waals surface area contributed by atoms with E-state index in [0.29, 0.717) is 47.6 Å². The Balaban J connectivity index is 1.20. The maximum atomic E-state index is 12.9. The number of benzene rings is 1. The van der Waals surface area contributed by atoms with E-state index in [1.165, 1.54) is 4.31 Å². The topological polar surface area (TPSA) is 119 Å². The number of imide groups is 1. The zero-order chi connectivity index (χ0) is 25.8. The lowest BCUT2D eigenvalue weighted by Crippen LogP contribution is -2.73. The lowest BCUT2D eigenvalue weighted by atomic mass is 9.74. The van der Waals surface area contributed by atoms with Gasteiger partial charge >= 0.3 is 0 Å². The van der Waals surface area contributed by atoms with Crippen molar-refractivity contribution in [3.8, 4) is 0 Å². The molecule has 194 valence electrons.